The van der Waals surface area contributed by atoms with Gasteiger partial charge in [0, 0.05) is 19.2 Å². The Kier molecular flexibility index (Phi) is 8.31. The van der Waals surface area contributed by atoms with Crippen LogP contribution in [0.1, 0.15) is 51.7 Å². The summed E-state index contributed by atoms with van der Waals surface area (Å²) in [5.41, 5.74) is 1.17. The van der Waals surface area contributed by atoms with Crippen molar-refractivity contribution in [3.8, 4) is 5.75 Å². The minimum absolute atomic E-state index is 0.0874. The van der Waals surface area contributed by atoms with Crippen LogP contribution in [-0.4, -0.2) is 26.3 Å². The van der Waals surface area contributed by atoms with Crippen LogP contribution in [0.25, 0.3) is 0 Å². The van der Waals surface area contributed by atoms with Gasteiger partial charge < -0.3 is 14.8 Å². The van der Waals surface area contributed by atoms with Crippen LogP contribution >= 0.6 is 0 Å². The summed E-state index contributed by atoms with van der Waals surface area (Å²) in [6.45, 7) is 8.16. The van der Waals surface area contributed by atoms with Crippen molar-refractivity contribution < 1.29 is 9.47 Å². The van der Waals surface area contributed by atoms with Gasteiger partial charge in [0.15, 0.2) is 0 Å². The molecule has 0 aliphatic carbocycles. The lowest BCUT2D eigenvalue weighted by molar-refractivity contribution is 0.0486. The summed E-state index contributed by atoms with van der Waals surface area (Å²) in [5.74, 6) is 0.884. The molecule has 20 heavy (non-hydrogen) atoms. The van der Waals surface area contributed by atoms with Crippen molar-refractivity contribution in [1.82, 2.24) is 5.32 Å². The number of hydrogen-bond acceptors (Lipinski definition) is 3. The maximum absolute atomic E-state index is 6.06. The number of unbranched alkanes of at least 4 members (excludes halogenated alkanes) is 2. The van der Waals surface area contributed by atoms with Gasteiger partial charge in [-0.15, -0.1) is 0 Å². The number of hydrogen-bond donors (Lipinski definition) is 1. The zero-order chi connectivity index (χ0) is 14.8. The van der Waals surface area contributed by atoms with Crippen LogP contribution in [0.2, 0.25) is 0 Å². The summed E-state index contributed by atoms with van der Waals surface area (Å²) >= 11 is 0. The second-order valence-corrected chi connectivity index (χ2v) is 5.41. The van der Waals surface area contributed by atoms with Crippen LogP contribution in [0.15, 0.2) is 24.3 Å². The number of ether oxygens (including phenoxy) is 2. The molecule has 1 aromatic rings. The maximum atomic E-state index is 6.06. The van der Waals surface area contributed by atoms with Crippen molar-refractivity contribution in [2.45, 2.75) is 52.2 Å². The first-order valence-corrected chi connectivity index (χ1v) is 7.66. The van der Waals surface area contributed by atoms with Gasteiger partial charge in [-0.05, 0) is 24.1 Å². The van der Waals surface area contributed by atoms with E-state index in [1.165, 1.54) is 18.4 Å². The molecular weight excluding hydrogens is 250 g/mol. The highest BCUT2D eigenvalue weighted by atomic mass is 16.5. The molecule has 0 aliphatic heterocycles. The molecule has 0 saturated heterocycles. The molecule has 0 amide bonds. The molecule has 0 fully saturated rings. The Morgan fingerprint density at radius 2 is 2.00 bits per heavy atom. The van der Waals surface area contributed by atoms with Crippen molar-refractivity contribution in [2.24, 2.45) is 0 Å². The quantitative estimate of drug-likeness (QED) is 0.658. The first kappa shape index (κ1) is 17.0. The summed E-state index contributed by atoms with van der Waals surface area (Å²) in [6.07, 6.45) is 3.66. The molecular formula is C17H29NO2. The molecule has 1 atom stereocenters. The summed E-state index contributed by atoms with van der Waals surface area (Å²) in [7, 11) is 1.70. The van der Waals surface area contributed by atoms with E-state index in [1.807, 2.05) is 12.1 Å². The molecule has 3 nitrogen and oxygen atoms in total. The van der Waals surface area contributed by atoms with Gasteiger partial charge in [-0.25, -0.2) is 0 Å². The molecule has 0 aliphatic rings. The van der Waals surface area contributed by atoms with Crippen molar-refractivity contribution >= 4 is 0 Å². The first-order valence-electron chi connectivity index (χ1n) is 7.66. The van der Waals surface area contributed by atoms with Crippen LogP contribution in [0, 0.1) is 0 Å². The zero-order valence-corrected chi connectivity index (χ0v) is 13.3. The second kappa shape index (κ2) is 9.78. The van der Waals surface area contributed by atoms with E-state index in [9.17, 15) is 0 Å². The average Bonchev–Trinajstić information content (AvgIpc) is 2.46. The minimum Gasteiger partial charge on any atom is -0.497 e. The predicted octanol–water partition coefficient (Wildman–Crippen LogP) is 3.94. The highest BCUT2D eigenvalue weighted by Gasteiger charge is 2.13. The molecule has 0 saturated carbocycles. The van der Waals surface area contributed by atoms with Gasteiger partial charge >= 0.3 is 0 Å². The largest absolute Gasteiger partial charge is 0.497 e. The highest BCUT2D eigenvalue weighted by Crippen LogP contribution is 2.22. The summed E-state index contributed by atoms with van der Waals surface area (Å²) in [6, 6.07) is 8.61. The van der Waals surface area contributed by atoms with Crippen LogP contribution in [0.4, 0.5) is 0 Å². The average molecular weight is 279 g/mol. The van der Waals surface area contributed by atoms with Gasteiger partial charge in [-0.3, -0.25) is 0 Å². The number of nitrogens with one attached hydrogen (secondary N) is 1. The van der Waals surface area contributed by atoms with Gasteiger partial charge in [0.05, 0.1) is 13.2 Å². The van der Waals surface area contributed by atoms with E-state index in [0.29, 0.717) is 6.04 Å². The van der Waals surface area contributed by atoms with E-state index in [4.69, 9.17) is 9.47 Å². The summed E-state index contributed by atoms with van der Waals surface area (Å²) in [5, 5.41) is 3.46. The maximum Gasteiger partial charge on any atom is 0.119 e. The van der Waals surface area contributed by atoms with Crippen molar-refractivity contribution in [3.63, 3.8) is 0 Å². The highest BCUT2D eigenvalue weighted by molar-refractivity contribution is 5.30. The van der Waals surface area contributed by atoms with E-state index < -0.39 is 0 Å². The number of benzene rings is 1. The van der Waals surface area contributed by atoms with Crippen molar-refractivity contribution in [3.05, 3.63) is 29.8 Å². The van der Waals surface area contributed by atoms with E-state index in [2.05, 4.69) is 38.2 Å². The SMILES string of the molecule is CCCCCOC(CNC(C)C)c1cccc(OC)c1. The second-order valence-electron chi connectivity index (χ2n) is 5.41. The molecule has 0 spiro atoms. The van der Waals surface area contributed by atoms with Gasteiger partial charge in [0.1, 0.15) is 5.75 Å². The fourth-order valence-corrected chi connectivity index (χ4v) is 2.04. The monoisotopic (exact) mass is 279 g/mol. The fourth-order valence-electron chi connectivity index (χ4n) is 2.04. The standard InChI is InChI=1S/C17H29NO2/c1-5-6-7-11-20-17(13-18-14(2)3)15-9-8-10-16(12-15)19-4/h8-10,12,14,17-18H,5-7,11,13H2,1-4H3. The Balaban J connectivity index is 2.63. The third kappa shape index (κ3) is 6.40. The Labute approximate surface area is 123 Å². The van der Waals surface area contributed by atoms with E-state index >= 15 is 0 Å². The molecule has 0 aromatic heterocycles. The fraction of sp³-hybridized carbons (Fsp3) is 0.647. The molecule has 1 rings (SSSR count). The Morgan fingerprint density at radius 3 is 2.65 bits per heavy atom. The Bertz CT molecular complexity index is 366. The molecule has 1 N–H and O–H groups in total. The van der Waals surface area contributed by atoms with Crippen LogP contribution in [0.5, 0.6) is 5.75 Å². The molecule has 0 bridgehead atoms. The molecule has 0 radical (unpaired) electrons. The van der Waals surface area contributed by atoms with Crippen molar-refractivity contribution in [1.29, 1.82) is 0 Å². The Morgan fingerprint density at radius 1 is 1.20 bits per heavy atom. The molecule has 1 unspecified atom stereocenters. The normalized spacial score (nSPS) is 12.7. The lowest BCUT2D eigenvalue weighted by atomic mass is 10.1. The zero-order valence-electron chi connectivity index (χ0n) is 13.3. The molecule has 1 aromatic carbocycles. The molecule has 0 heterocycles. The van der Waals surface area contributed by atoms with Crippen LogP contribution in [-0.2, 0) is 4.74 Å². The topological polar surface area (TPSA) is 30.5 Å². The number of rotatable bonds is 10. The van der Waals surface area contributed by atoms with E-state index in [0.717, 1.165) is 25.3 Å². The van der Waals surface area contributed by atoms with Crippen molar-refractivity contribution in [2.75, 3.05) is 20.3 Å². The lowest BCUT2D eigenvalue weighted by Gasteiger charge is -2.21. The van der Waals surface area contributed by atoms with Crippen LogP contribution in [0.3, 0.4) is 0 Å². The molecule has 3 heteroatoms. The summed E-state index contributed by atoms with van der Waals surface area (Å²) in [4.78, 5) is 0. The smallest absolute Gasteiger partial charge is 0.119 e. The third-order valence-electron chi connectivity index (χ3n) is 3.24. The number of methoxy groups -OCH3 is 1. The predicted molar refractivity (Wildman–Crippen MR) is 84.4 cm³/mol. The minimum atomic E-state index is 0.0874. The van der Waals surface area contributed by atoms with E-state index in [1.54, 1.807) is 7.11 Å². The van der Waals surface area contributed by atoms with Gasteiger partial charge in [0.25, 0.3) is 0 Å². The van der Waals surface area contributed by atoms with Gasteiger partial charge in [0.2, 0.25) is 0 Å². The third-order valence-corrected chi connectivity index (χ3v) is 3.24. The van der Waals surface area contributed by atoms with E-state index in [-0.39, 0.29) is 6.10 Å². The van der Waals surface area contributed by atoms with Gasteiger partial charge in [-0.1, -0.05) is 45.7 Å². The first-order chi connectivity index (χ1) is 9.67. The Hall–Kier alpha value is -1.06. The summed E-state index contributed by atoms with van der Waals surface area (Å²) < 4.78 is 11.4. The van der Waals surface area contributed by atoms with Gasteiger partial charge in [-0.2, -0.15) is 0 Å². The lowest BCUT2D eigenvalue weighted by Crippen LogP contribution is -2.29. The van der Waals surface area contributed by atoms with Crippen LogP contribution < -0.4 is 10.1 Å². The molecule has 114 valence electrons.